The van der Waals surface area contributed by atoms with E-state index in [1.165, 1.54) is 6.07 Å². The maximum atomic E-state index is 10.9. The van der Waals surface area contributed by atoms with Gasteiger partial charge in [0.05, 0.1) is 0 Å². The number of anilines is 1. The number of carboxylic acid groups (broad SMARTS) is 1. The van der Waals surface area contributed by atoms with Crippen molar-refractivity contribution in [3.63, 3.8) is 0 Å². The van der Waals surface area contributed by atoms with Crippen LogP contribution < -0.4 is 9.64 Å². The van der Waals surface area contributed by atoms with Crippen LogP contribution in [0.15, 0.2) is 43.0 Å². The number of aromatic nitrogens is 2. The van der Waals surface area contributed by atoms with Crippen molar-refractivity contribution in [3.05, 3.63) is 59.3 Å². The molecule has 1 aromatic heterocycles. The van der Waals surface area contributed by atoms with E-state index in [4.69, 9.17) is 21.4 Å². The van der Waals surface area contributed by atoms with Crippen LogP contribution in [0.1, 0.15) is 23.0 Å². The highest BCUT2D eigenvalue weighted by Gasteiger charge is 2.13. The first kappa shape index (κ1) is 17.7. The zero-order chi connectivity index (χ0) is 17.5. The van der Waals surface area contributed by atoms with Crippen LogP contribution in [-0.2, 0) is 6.54 Å². The molecule has 0 bridgehead atoms. The molecule has 2 aromatic rings. The number of carboxylic acids is 1. The molecular weight excluding hydrogens is 330 g/mol. The number of benzene rings is 1. The van der Waals surface area contributed by atoms with Crippen molar-refractivity contribution in [1.29, 1.82) is 0 Å². The number of hydrogen-bond donors (Lipinski definition) is 1. The molecule has 126 valence electrons. The highest BCUT2D eigenvalue weighted by atomic mass is 35.5. The zero-order valence-corrected chi connectivity index (χ0v) is 14.0. The Morgan fingerprint density at radius 2 is 2.17 bits per heavy atom. The summed E-state index contributed by atoms with van der Waals surface area (Å²) in [7, 11) is 0. The third-order valence-electron chi connectivity index (χ3n) is 3.32. The van der Waals surface area contributed by atoms with Gasteiger partial charge >= 0.3 is 5.97 Å². The number of ether oxygens (including phenoxy) is 1. The number of rotatable bonds is 8. The average molecular weight is 348 g/mol. The number of halogens is 1. The van der Waals surface area contributed by atoms with Crippen LogP contribution in [0.25, 0.3) is 0 Å². The zero-order valence-electron chi connectivity index (χ0n) is 13.3. The van der Waals surface area contributed by atoms with Crippen molar-refractivity contribution in [1.82, 2.24) is 10.2 Å². The third-order valence-corrected chi connectivity index (χ3v) is 3.55. The molecule has 0 atom stereocenters. The summed E-state index contributed by atoms with van der Waals surface area (Å²) in [6.07, 6.45) is 1.67. The van der Waals surface area contributed by atoms with Gasteiger partial charge in [0.15, 0.2) is 11.5 Å². The van der Waals surface area contributed by atoms with Gasteiger partial charge in [0.1, 0.15) is 12.4 Å². The molecule has 7 heteroatoms. The fourth-order valence-corrected chi connectivity index (χ4v) is 2.32. The Balaban J connectivity index is 2.24. The van der Waals surface area contributed by atoms with E-state index in [0.29, 0.717) is 36.3 Å². The summed E-state index contributed by atoms with van der Waals surface area (Å²) in [6, 6.07) is 8.48. The third kappa shape index (κ3) is 4.45. The first-order chi connectivity index (χ1) is 11.5. The minimum Gasteiger partial charge on any atom is -0.489 e. The maximum Gasteiger partial charge on any atom is 0.356 e. The van der Waals surface area contributed by atoms with Gasteiger partial charge < -0.3 is 14.7 Å². The summed E-state index contributed by atoms with van der Waals surface area (Å²) in [5, 5.41) is 17.2. The summed E-state index contributed by atoms with van der Waals surface area (Å²) >= 11 is 6.09. The molecule has 0 aliphatic heterocycles. The molecule has 0 fully saturated rings. The quantitative estimate of drug-likeness (QED) is 0.737. The lowest BCUT2D eigenvalue weighted by molar-refractivity contribution is 0.0689. The van der Waals surface area contributed by atoms with Gasteiger partial charge in [-0.3, -0.25) is 0 Å². The molecule has 0 amide bonds. The van der Waals surface area contributed by atoms with E-state index in [2.05, 4.69) is 16.8 Å². The van der Waals surface area contributed by atoms with Crippen LogP contribution in [0.4, 0.5) is 5.82 Å². The van der Waals surface area contributed by atoms with Gasteiger partial charge in [-0.05, 0) is 37.3 Å². The van der Waals surface area contributed by atoms with Gasteiger partial charge in [0.25, 0.3) is 0 Å². The van der Waals surface area contributed by atoms with Gasteiger partial charge in [-0.1, -0.05) is 24.3 Å². The maximum absolute atomic E-state index is 10.9. The Morgan fingerprint density at radius 3 is 2.75 bits per heavy atom. The van der Waals surface area contributed by atoms with E-state index >= 15 is 0 Å². The number of aromatic carboxylic acids is 1. The second kappa shape index (κ2) is 8.31. The van der Waals surface area contributed by atoms with Gasteiger partial charge in [-0.25, -0.2) is 4.79 Å². The normalized spacial score (nSPS) is 10.2. The largest absolute Gasteiger partial charge is 0.489 e. The standard InChI is InChI=1S/C17H18ClN3O3/c1-3-9-24-15-7-5-13(18)10-12(15)11-21(4-2)16-8-6-14(17(22)23)19-20-16/h3,5-8,10H,1,4,9,11H2,2H3,(H,22,23). The topological polar surface area (TPSA) is 75.5 Å². The molecule has 24 heavy (non-hydrogen) atoms. The molecule has 0 aliphatic rings. The minimum absolute atomic E-state index is 0.0902. The van der Waals surface area contributed by atoms with Crippen molar-refractivity contribution < 1.29 is 14.6 Å². The Labute approximate surface area is 145 Å². The number of nitrogens with zero attached hydrogens (tertiary/aromatic N) is 3. The fraction of sp³-hybridized carbons (Fsp3) is 0.235. The van der Waals surface area contributed by atoms with Crippen LogP contribution in [0.5, 0.6) is 5.75 Å². The van der Waals surface area contributed by atoms with E-state index in [9.17, 15) is 4.79 Å². The summed E-state index contributed by atoms with van der Waals surface area (Å²) in [6.45, 7) is 7.18. The summed E-state index contributed by atoms with van der Waals surface area (Å²) < 4.78 is 5.66. The van der Waals surface area contributed by atoms with Crippen molar-refractivity contribution in [2.24, 2.45) is 0 Å². The van der Waals surface area contributed by atoms with E-state index in [1.54, 1.807) is 18.2 Å². The Kier molecular flexibility index (Phi) is 6.14. The SMILES string of the molecule is C=CCOc1ccc(Cl)cc1CN(CC)c1ccc(C(=O)O)nn1. The predicted octanol–water partition coefficient (Wildman–Crippen LogP) is 3.42. The van der Waals surface area contributed by atoms with E-state index in [1.807, 2.05) is 24.0 Å². The van der Waals surface area contributed by atoms with Crippen LogP contribution in [0.3, 0.4) is 0 Å². The Bertz CT molecular complexity index is 720. The van der Waals surface area contributed by atoms with Gasteiger partial charge in [0, 0.05) is 23.7 Å². The molecule has 0 saturated heterocycles. The monoisotopic (exact) mass is 347 g/mol. The molecule has 0 unspecified atom stereocenters. The average Bonchev–Trinajstić information content (AvgIpc) is 2.59. The molecule has 0 spiro atoms. The van der Waals surface area contributed by atoms with Crippen LogP contribution >= 0.6 is 11.6 Å². The summed E-state index contributed by atoms with van der Waals surface area (Å²) in [5.41, 5.74) is 0.808. The Hall–Kier alpha value is -2.60. The van der Waals surface area contributed by atoms with Crippen molar-refractivity contribution >= 4 is 23.4 Å². The molecule has 2 rings (SSSR count). The lowest BCUT2D eigenvalue weighted by atomic mass is 10.2. The summed E-state index contributed by atoms with van der Waals surface area (Å²) in [5.74, 6) is 0.192. The van der Waals surface area contributed by atoms with Crippen molar-refractivity contribution in [3.8, 4) is 5.75 Å². The van der Waals surface area contributed by atoms with Crippen LogP contribution in [-0.4, -0.2) is 34.4 Å². The fourth-order valence-electron chi connectivity index (χ4n) is 2.13. The molecule has 1 aromatic carbocycles. The van der Waals surface area contributed by atoms with E-state index in [-0.39, 0.29) is 5.69 Å². The Morgan fingerprint density at radius 1 is 1.38 bits per heavy atom. The predicted molar refractivity (Wildman–Crippen MR) is 92.9 cm³/mol. The minimum atomic E-state index is -1.10. The smallest absolute Gasteiger partial charge is 0.356 e. The molecule has 1 N–H and O–H groups in total. The lowest BCUT2D eigenvalue weighted by Gasteiger charge is -2.23. The first-order valence-electron chi connectivity index (χ1n) is 7.39. The van der Waals surface area contributed by atoms with Crippen LogP contribution in [0.2, 0.25) is 5.02 Å². The van der Waals surface area contributed by atoms with Crippen LogP contribution in [0, 0.1) is 0 Å². The molecule has 1 heterocycles. The van der Waals surface area contributed by atoms with Crippen molar-refractivity contribution in [2.45, 2.75) is 13.5 Å². The molecule has 0 saturated carbocycles. The highest BCUT2D eigenvalue weighted by molar-refractivity contribution is 6.30. The van der Waals surface area contributed by atoms with E-state index in [0.717, 1.165) is 5.56 Å². The van der Waals surface area contributed by atoms with Gasteiger partial charge in [0.2, 0.25) is 0 Å². The second-order valence-corrected chi connectivity index (χ2v) is 5.38. The molecular formula is C17H18ClN3O3. The van der Waals surface area contributed by atoms with Gasteiger partial charge in [-0.2, -0.15) is 0 Å². The summed E-state index contributed by atoms with van der Waals surface area (Å²) in [4.78, 5) is 12.8. The van der Waals surface area contributed by atoms with Crippen molar-refractivity contribution in [2.75, 3.05) is 18.1 Å². The first-order valence-corrected chi connectivity index (χ1v) is 7.77. The highest BCUT2D eigenvalue weighted by Crippen LogP contribution is 2.26. The molecule has 0 aliphatic carbocycles. The lowest BCUT2D eigenvalue weighted by Crippen LogP contribution is -2.24. The van der Waals surface area contributed by atoms with E-state index < -0.39 is 5.97 Å². The van der Waals surface area contributed by atoms with Gasteiger partial charge in [-0.15, -0.1) is 10.2 Å². The second-order valence-electron chi connectivity index (χ2n) is 4.95. The number of hydrogen-bond acceptors (Lipinski definition) is 5. The number of carbonyl (C=O) groups is 1. The molecule has 0 radical (unpaired) electrons. The molecule has 6 nitrogen and oxygen atoms in total.